The van der Waals surface area contributed by atoms with Gasteiger partial charge in [0.15, 0.2) is 0 Å². The van der Waals surface area contributed by atoms with Crippen LogP contribution >= 0.6 is 0 Å². The van der Waals surface area contributed by atoms with Crippen molar-refractivity contribution in [1.29, 1.82) is 0 Å². The number of nitrogens with one attached hydrogen (secondary N) is 2. The maximum absolute atomic E-state index is 13.5. The largest absolute Gasteiger partial charge is 0.467 e. The van der Waals surface area contributed by atoms with Gasteiger partial charge in [-0.15, -0.1) is 0 Å². The number of nitrogens with zero attached hydrogens (tertiary/aromatic N) is 1. The molecule has 0 bridgehead atoms. The van der Waals surface area contributed by atoms with E-state index in [-0.39, 0.29) is 11.8 Å². The van der Waals surface area contributed by atoms with Gasteiger partial charge in [-0.05, 0) is 70.1 Å². The monoisotopic (exact) mass is 481 g/mol. The molecule has 1 aromatic heterocycles. The Morgan fingerprint density at radius 3 is 2.42 bits per heavy atom. The molecule has 0 aliphatic carbocycles. The van der Waals surface area contributed by atoms with Gasteiger partial charge in [0.25, 0.3) is 5.91 Å². The maximum Gasteiger partial charge on any atom is 0.328 e. The Morgan fingerprint density at radius 2 is 1.67 bits per heavy atom. The summed E-state index contributed by atoms with van der Waals surface area (Å²) in [5.41, 5.74) is 4.23. The van der Waals surface area contributed by atoms with E-state index in [9.17, 15) is 9.59 Å². The van der Waals surface area contributed by atoms with Crippen LogP contribution in [0.5, 0.6) is 0 Å². The van der Waals surface area contributed by atoms with Crippen molar-refractivity contribution in [3.8, 4) is 11.1 Å². The molecule has 0 saturated heterocycles. The first kappa shape index (κ1) is 24.9. The Kier molecular flexibility index (Phi) is 7.95. The zero-order valence-corrected chi connectivity index (χ0v) is 20.8. The van der Waals surface area contributed by atoms with Gasteiger partial charge < -0.3 is 15.4 Å². The fraction of sp³-hybridized carbons (Fsp3) is 0.233. The summed E-state index contributed by atoms with van der Waals surface area (Å²) < 4.78 is 4.95. The van der Waals surface area contributed by atoms with Crippen molar-refractivity contribution in [2.24, 2.45) is 5.92 Å². The van der Waals surface area contributed by atoms with Crippen LogP contribution in [0.4, 0.5) is 5.69 Å². The van der Waals surface area contributed by atoms with Crippen LogP contribution in [0.25, 0.3) is 21.9 Å². The van der Waals surface area contributed by atoms with Crippen molar-refractivity contribution in [3.63, 3.8) is 0 Å². The molecule has 6 nitrogen and oxygen atoms in total. The molecule has 2 N–H and O–H groups in total. The molecular formula is C30H31N3O3. The van der Waals surface area contributed by atoms with E-state index in [1.165, 1.54) is 7.11 Å². The third-order valence-electron chi connectivity index (χ3n) is 6.09. The van der Waals surface area contributed by atoms with Gasteiger partial charge >= 0.3 is 5.97 Å². The predicted molar refractivity (Wildman–Crippen MR) is 144 cm³/mol. The lowest BCUT2D eigenvalue weighted by Crippen LogP contribution is -2.42. The van der Waals surface area contributed by atoms with Crippen molar-refractivity contribution in [2.45, 2.75) is 32.9 Å². The number of hydrogen-bond acceptors (Lipinski definition) is 5. The highest BCUT2D eigenvalue weighted by Crippen LogP contribution is 2.33. The Balaban J connectivity index is 1.73. The number of fused-ring (bicyclic) bond motifs is 1. The molecule has 0 spiro atoms. The molecule has 36 heavy (non-hydrogen) atoms. The summed E-state index contributed by atoms with van der Waals surface area (Å²) >= 11 is 0. The number of carbonyl (C=O) groups is 2. The van der Waals surface area contributed by atoms with Crippen molar-refractivity contribution < 1.29 is 14.3 Å². The molecule has 6 heteroatoms. The molecule has 4 rings (SSSR count). The van der Waals surface area contributed by atoms with E-state index in [0.29, 0.717) is 18.5 Å². The maximum atomic E-state index is 13.5. The summed E-state index contributed by atoms with van der Waals surface area (Å²) in [5.74, 6) is -0.541. The van der Waals surface area contributed by atoms with Gasteiger partial charge in [0.2, 0.25) is 0 Å². The van der Waals surface area contributed by atoms with E-state index in [1.807, 2.05) is 68.4 Å². The fourth-order valence-corrected chi connectivity index (χ4v) is 4.30. The third kappa shape index (κ3) is 5.89. The molecule has 0 unspecified atom stereocenters. The number of aromatic nitrogens is 1. The highest BCUT2D eigenvalue weighted by molar-refractivity contribution is 6.07. The van der Waals surface area contributed by atoms with Crippen molar-refractivity contribution in [1.82, 2.24) is 10.3 Å². The van der Waals surface area contributed by atoms with Crippen LogP contribution in [0.15, 0.2) is 85.2 Å². The molecule has 0 saturated carbocycles. The minimum Gasteiger partial charge on any atom is -0.467 e. The minimum absolute atomic E-state index is 0.215. The van der Waals surface area contributed by atoms with Gasteiger partial charge in [-0.3, -0.25) is 9.78 Å². The Hall–Kier alpha value is -4.19. The number of amides is 1. The molecule has 3 aromatic carbocycles. The van der Waals surface area contributed by atoms with E-state index in [4.69, 9.17) is 4.74 Å². The van der Waals surface area contributed by atoms with Gasteiger partial charge in [-0.2, -0.15) is 0 Å². The molecule has 0 aliphatic rings. The van der Waals surface area contributed by atoms with Crippen LogP contribution in [0.2, 0.25) is 0 Å². The van der Waals surface area contributed by atoms with Crippen molar-refractivity contribution >= 4 is 28.3 Å². The average Bonchev–Trinajstić information content (AvgIpc) is 2.91. The number of esters is 1. The zero-order valence-electron chi connectivity index (χ0n) is 20.8. The first-order valence-electron chi connectivity index (χ1n) is 12.1. The molecule has 1 atom stereocenters. The van der Waals surface area contributed by atoms with Crippen molar-refractivity contribution in [3.05, 3.63) is 96.3 Å². The number of carbonyl (C=O) groups excluding carboxylic acids is 2. The summed E-state index contributed by atoms with van der Waals surface area (Å²) in [7, 11) is 1.34. The summed E-state index contributed by atoms with van der Waals surface area (Å²) in [6.45, 7) is 4.64. The van der Waals surface area contributed by atoms with Gasteiger partial charge in [0.1, 0.15) is 6.04 Å². The molecule has 0 radical (unpaired) electrons. The smallest absolute Gasteiger partial charge is 0.328 e. The predicted octanol–water partition coefficient (Wildman–Crippen LogP) is 5.83. The van der Waals surface area contributed by atoms with Crippen LogP contribution in [0.1, 0.15) is 36.2 Å². The number of methoxy groups -OCH3 is 1. The molecule has 0 fully saturated rings. The Labute approximate surface area is 211 Å². The lowest BCUT2D eigenvalue weighted by Gasteiger charge is -2.20. The first-order valence-corrected chi connectivity index (χ1v) is 12.1. The number of rotatable bonds is 9. The van der Waals surface area contributed by atoms with Gasteiger partial charge in [0, 0.05) is 30.2 Å². The number of benzene rings is 3. The number of hydrogen-bond donors (Lipinski definition) is 2. The van der Waals surface area contributed by atoms with E-state index < -0.39 is 12.0 Å². The second kappa shape index (κ2) is 11.5. The van der Waals surface area contributed by atoms with Crippen LogP contribution in [0.3, 0.4) is 0 Å². The molecule has 0 aliphatic heterocycles. The summed E-state index contributed by atoms with van der Waals surface area (Å²) in [5, 5.41) is 8.49. The second-order valence-corrected chi connectivity index (χ2v) is 9.17. The normalized spacial score (nSPS) is 11.8. The summed E-state index contributed by atoms with van der Waals surface area (Å²) in [4.78, 5) is 30.0. The molecular weight excluding hydrogens is 450 g/mol. The second-order valence-electron chi connectivity index (χ2n) is 9.17. The van der Waals surface area contributed by atoms with E-state index in [1.54, 1.807) is 12.4 Å². The standard InChI is InChI=1S/C30H31N3O3/c1-20(2)17-28(30(35)36-3)33-29(34)26-12-11-23(32-19-21-13-15-31-16-14-21)18-27(26)25-10-6-8-22-7-4-5-9-24(22)25/h4-16,18,20,28,32H,17,19H2,1-3H3,(H,33,34)/t28-/m0/s1. The molecule has 1 heterocycles. The highest BCUT2D eigenvalue weighted by atomic mass is 16.5. The van der Waals surface area contributed by atoms with E-state index >= 15 is 0 Å². The van der Waals surface area contributed by atoms with Crippen LogP contribution in [-0.2, 0) is 16.1 Å². The van der Waals surface area contributed by atoms with Gasteiger partial charge in [-0.25, -0.2) is 4.79 Å². The van der Waals surface area contributed by atoms with Crippen LogP contribution in [-0.4, -0.2) is 30.0 Å². The van der Waals surface area contributed by atoms with Crippen LogP contribution < -0.4 is 10.6 Å². The summed E-state index contributed by atoms with van der Waals surface area (Å²) in [6.07, 6.45) is 4.02. The van der Waals surface area contributed by atoms with Crippen molar-refractivity contribution in [2.75, 3.05) is 12.4 Å². The number of pyridine rings is 1. The average molecular weight is 482 g/mol. The Morgan fingerprint density at radius 1 is 0.917 bits per heavy atom. The Bertz CT molecular complexity index is 1350. The number of anilines is 1. The van der Waals surface area contributed by atoms with Crippen LogP contribution in [0, 0.1) is 5.92 Å². The minimum atomic E-state index is -0.715. The number of ether oxygens (including phenoxy) is 1. The van der Waals surface area contributed by atoms with Gasteiger partial charge in [-0.1, -0.05) is 56.3 Å². The third-order valence-corrected chi connectivity index (χ3v) is 6.09. The van der Waals surface area contributed by atoms with Gasteiger partial charge in [0.05, 0.1) is 7.11 Å². The lowest BCUT2D eigenvalue weighted by molar-refractivity contribution is -0.143. The SMILES string of the molecule is COC(=O)[C@H](CC(C)C)NC(=O)c1ccc(NCc2ccncc2)cc1-c1cccc2ccccc12. The molecule has 1 amide bonds. The first-order chi connectivity index (χ1) is 17.5. The molecule has 4 aromatic rings. The molecule has 184 valence electrons. The fourth-order valence-electron chi connectivity index (χ4n) is 4.30. The topological polar surface area (TPSA) is 80.3 Å². The van der Waals surface area contributed by atoms with E-state index in [0.717, 1.165) is 33.2 Å². The van der Waals surface area contributed by atoms with E-state index in [2.05, 4.69) is 33.8 Å². The quantitative estimate of drug-likeness (QED) is 0.294. The highest BCUT2D eigenvalue weighted by Gasteiger charge is 2.25. The zero-order chi connectivity index (χ0) is 25.5. The lowest BCUT2D eigenvalue weighted by atomic mass is 9.93. The summed E-state index contributed by atoms with van der Waals surface area (Å²) in [6, 6.07) is 23.1.